The van der Waals surface area contributed by atoms with Crippen molar-refractivity contribution >= 4 is 33.8 Å². The van der Waals surface area contributed by atoms with Gasteiger partial charge in [0.1, 0.15) is 11.9 Å². The number of benzene rings is 2. The zero-order valence-corrected chi connectivity index (χ0v) is 17.5. The van der Waals surface area contributed by atoms with E-state index < -0.39 is 0 Å². The third kappa shape index (κ3) is 3.39. The first-order chi connectivity index (χ1) is 13.5. The van der Waals surface area contributed by atoms with Gasteiger partial charge in [0, 0.05) is 7.05 Å². The van der Waals surface area contributed by atoms with Gasteiger partial charge < -0.3 is 9.47 Å². The molecule has 0 bridgehead atoms. The zero-order chi connectivity index (χ0) is 19.8. The normalized spacial score (nSPS) is 13.7. The molecule has 0 fully saturated rings. The molecule has 0 radical (unpaired) electrons. The largest absolute Gasteiger partial charge is 0.311 e. The molecule has 1 N–H and O–H groups in total. The minimum absolute atomic E-state index is 0.179. The van der Waals surface area contributed by atoms with Gasteiger partial charge in [-0.15, -0.1) is 16.4 Å². The highest BCUT2D eigenvalue weighted by atomic mass is 32.1. The van der Waals surface area contributed by atoms with E-state index in [2.05, 4.69) is 25.1 Å². The summed E-state index contributed by atoms with van der Waals surface area (Å²) in [5.74, 6) is 0.227. The Balaban J connectivity index is 1.61. The minimum Gasteiger partial charge on any atom is -0.311 e. The maximum absolute atomic E-state index is 14.2. The topological polar surface area (TPSA) is 40.1 Å². The summed E-state index contributed by atoms with van der Waals surface area (Å²) >= 11 is 7.26. The number of fused-ring (bicyclic) bond motifs is 1. The molecule has 144 valence electrons. The van der Waals surface area contributed by atoms with Gasteiger partial charge in [-0.25, -0.2) is 9.37 Å². The molecule has 0 amide bonds. The van der Waals surface area contributed by atoms with Crippen molar-refractivity contribution in [2.24, 2.45) is 7.05 Å². The van der Waals surface area contributed by atoms with Gasteiger partial charge >= 0.3 is 0 Å². The molecule has 2 aromatic heterocycles. The molecule has 0 aliphatic rings. The lowest BCUT2D eigenvalue weighted by molar-refractivity contribution is -0.933. The summed E-state index contributed by atoms with van der Waals surface area (Å²) in [5.41, 5.74) is 1.48. The van der Waals surface area contributed by atoms with E-state index in [1.165, 1.54) is 15.7 Å². The van der Waals surface area contributed by atoms with Crippen LogP contribution in [0, 0.1) is 10.6 Å². The summed E-state index contributed by atoms with van der Waals surface area (Å²) in [4.78, 5) is 5.97. The molecule has 8 heteroatoms. The summed E-state index contributed by atoms with van der Waals surface area (Å²) in [7, 11) is 3.91. The summed E-state index contributed by atoms with van der Waals surface area (Å²) < 4.78 is 19.5. The fourth-order valence-electron chi connectivity index (χ4n) is 3.13. The molecule has 0 aliphatic heterocycles. The molecule has 2 atom stereocenters. The standard InChI is InChI=1S/C20H20FN5S2/c1-13(19-22-16-10-6-7-11-17(16)28-19)24(2)12-26-20(27)25(3)18(23-26)14-8-4-5-9-15(14)21/h4-11,13H,12H2,1-3H3/p+1/t13-/m0/s1. The quantitative estimate of drug-likeness (QED) is 0.507. The molecular weight excluding hydrogens is 393 g/mol. The van der Waals surface area contributed by atoms with E-state index in [1.54, 1.807) is 38.8 Å². The number of hydrogen-bond acceptors (Lipinski definition) is 4. The van der Waals surface area contributed by atoms with Gasteiger partial charge in [0.2, 0.25) is 4.77 Å². The fourth-order valence-corrected chi connectivity index (χ4v) is 4.43. The Morgan fingerprint density at radius 2 is 1.89 bits per heavy atom. The average Bonchev–Trinajstić information content (AvgIpc) is 3.24. The van der Waals surface area contributed by atoms with Crippen LogP contribution >= 0.6 is 23.6 Å². The van der Waals surface area contributed by atoms with Crippen molar-refractivity contribution < 1.29 is 9.29 Å². The number of aromatic nitrogens is 4. The average molecular weight is 415 g/mol. The predicted molar refractivity (Wildman–Crippen MR) is 112 cm³/mol. The SMILES string of the molecule is C[C@@H](c1nc2ccccc2s1)[NH+](C)Cn1nc(-c2ccccc2F)n(C)c1=S. The van der Waals surface area contributed by atoms with Gasteiger partial charge in [0.25, 0.3) is 0 Å². The highest BCUT2D eigenvalue weighted by Gasteiger charge is 2.22. The molecule has 5 nitrogen and oxygen atoms in total. The van der Waals surface area contributed by atoms with E-state index in [9.17, 15) is 4.39 Å². The van der Waals surface area contributed by atoms with Crippen LogP contribution in [0.25, 0.3) is 21.6 Å². The number of hydrogen-bond donors (Lipinski definition) is 1. The highest BCUT2D eigenvalue weighted by Crippen LogP contribution is 2.25. The van der Waals surface area contributed by atoms with Gasteiger partial charge in [-0.1, -0.05) is 24.3 Å². The van der Waals surface area contributed by atoms with Gasteiger partial charge in [0.05, 0.1) is 22.8 Å². The molecule has 0 saturated heterocycles. The summed E-state index contributed by atoms with van der Waals surface area (Å²) in [5, 5.41) is 5.68. The van der Waals surface area contributed by atoms with Crippen molar-refractivity contribution in [2.75, 3.05) is 7.05 Å². The van der Waals surface area contributed by atoms with Crippen molar-refractivity contribution in [1.29, 1.82) is 0 Å². The number of thiazole rings is 1. The monoisotopic (exact) mass is 414 g/mol. The number of para-hydroxylation sites is 1. The van der Waals surface area contributed by atoms with E-state index >= 15 is 0 Å². The predicted octanol–water partition coefficient (Wildman–Crippen LogP) is 3.60. The van der Waals surface area contributed by atoms with Gasteiger partial charge in [-0.3, -0.25) is 0 Å². The van der Waals surface area contributed by atoms with Crippen LogP contribution in [-0.4, -0.2) is 26.4 Å². The molecule has 0 aliphatic carbocycles. The summed E-state index contributed by atoms with van der Waals surface area (Å²) in [6.07, 6.45) is 0. The minimum atomic E-state index is -0.304. The molecule has 28 heavy (non-hydrogen) atoms. The maximum Gasteiger partial charge on any atom is 0.202 e. The lowest BCUT2D eigenvalue weighted by Crippen LogP contribution is -3.08. The van der Waals surface area contributed by atoms with Gasteiger partial charge in [0.15, 0.2) is 17.5 Å². The van der Waals surface area contributed by atoms with Crippen LogP contribution in [0.15, 0.2) is 48.5 Å². The van der Waals surface area contributed by atoms with Crippen molar-refractivity contribution in [1.82, 2.24) is 19.3 Å². The highest BCUT2D eigenvalue weighted by molar-refractivity contribution is 7.71. The van der Waals surface area contributed by atoms with Crippen LogP contribution in [0.2, 0.25) is 0 Å². The van der Waals surface area contributed by atoms with Crippen LogP contribution in [-0.2, 0) is 13.7 Å². The summed E-state index contributed by atoms with van der Waals surface area (Å²) in [6, 6.07) is 15.0. The van der Waals surface area contributed by atoms with E-state index in [0.29, 0.717) is 22.8 Å². The number of nitrogens with one attached hydrogen (secondary N) is 1. The molecule has 1 unspecified atom stereocenters. The zero-order valence-electron chi connectivity index (χ0n) is 15.9. The lowest BCUT2D eigenvalue weighted by Gasteiger charge is -2.19. The van der Waals surface area contributed by atoms with Crippen LogP contribution < -0.4 is 4.90 Å². The lowest BCUT2D eigenvalue weighted by atomic mass is 10.2. The second kappa shape index (κ2) is 7.54. The Morgan fingerprint density at radius 1 is 1.18 bits per heavy atom. The number of rotatable bonds is 5. The second-order valence-corrected chi connectivity index (χ2v) is 8.32. The first kappa shape index (κ1) is 18.9. The third-order valence-electron chi connectivity index (χ3n) is 4.97. The van der Waals surface area contributed by atoms with E-state index in [0.717, 1.165) is 10.5 Å². The Hall–Kier alpha value is -2.42. The molecule has 4 rings (SSSR count). The molecule has 2 aromatic carbocycles. The van der Waals surface area contributed by atoms with Gasteiger partial charge in [-0.05, 0) is 43.4 Å². The van der Waals surface area contributed by atoms with Crippen LogP contribution in [0.1, 0.15) is 18.0 Å². The first-order valence-electron chi connectivity index (χ1n) is 9.02. The summed E-state index contributed by atoms with van der Waals surface area (Å²) in [6.45, 7) is 2.72. The maximum atomic E-state index is 14.2. The van der Waals surface area contributed by atoms with Crippen LogP contribution in [0.3, 0.4) is 0 Å². The molecular formula is C20H21FN5S2+. The molecule has 0 spiro atoms. The first-order valence-corrected chi connectivity index (χ1v) is 10.2. The van der Waals surface area contributed by atoms with Gasteiger partial charge in [-0.2, -0.15) is 4.68 Å². The van der Waals surface area contributed by atoms with Crippen molar-refractivity contribution in [2.45, 2.75) is 19.6 Å². The second-order valence-electron chi connectivity index (χ2n) is 6.89. The Morgan fingerprint density at radius 3 is 2.64 bits per heavy atom. The van der Waals surface area contributed by atoms with Crippen molar-refractivity contribution in [3.05, 3.63) is 64.1 Å². The van der Waals surface area contributed by atoms with Crippen molar-refractivity contribution in [3.63, 3.8) is 0 Å². The number of halogens is 1. The van der Waals surface area contributed by atoms with Crippen molar-refractivity contribution in [3.8, 4) is 11.4 Å². The smallest absolute Gasteiger partial charge is 0.202 e. The molecule has 2 heterocycles. The van der Waals surface area contributed by atoms with Crippen LogP contribution in [0.4, 0.5) is 4.39 Å². The van der Waals surface area contributed by atoms with E-state index in [-0.39, 0.29) is 11.9 Å². The van der Waals surface area contributed by atoms with E-state index in [4.69, 9.17) is 17.2 Å². The fraction of sp³-hybridized carbons (Fsp3) is 0.250. The molecule has 4 aromatic rings. The number of nitrogens with zero attached hydrogens (tertiary/aromatic N) is 4. The van der Waals surface area contributed by atoms with Crippen LogP contribution in [0.5, 0.6) is 0 Å². The Bertz CT molecular complexity index is 1160. The Labute approximate surface area is 171 Å². The van der Waals surface area contributed by atoms with E-state index in [1.807, 2.05) is 25.2 Å². The number of quaternary nitrogens is 1. The third-order valence-corrected chi connectivity index (χ3v) is 6.68. The Kier molecular flexibility index (Phi) is 5.09. The molecule has 0 saturated carbocycles.